The predicted molar refractivity (Wildman–Crippen MR) is 142 cm³/mol. The SMILES string of the molecule is COc1cc(C2CCNCC2)ccc1Nc1ncc(-c2ccc(Cl)c(OC(C)Cn3cnnn3)c2)cn1. The highest BCUT2D eigenvalue weighted by Crippen LogP contribution is 2.34. The molecule has 1 aliphatic heterocycles. The number of rotatable bonds is 9. The fraction of sp³-hybridized carbons (Fsp3) is 0.346. The number of hydrogen-bond donors (Lipinski definition) is 2. The van der Waals surface area contributed by atoms with E-state index < -0.39 is 0 Å². The quantitative estimate of drug-likeness (QED) is 0.330. The highest BCUT2D eigenvalue weighted by Gasteiger charge is 2.17. The molecule has 5 rings (SSSR count). The standard InChI is InChI=1S/C26H29ClN8O2/c1-17(15-35-16-31-33-34-35)37-24-11-20(3-5-22(24)27)21-13-29-26(30-14-21)32-23-6-4-19(12-25(23)36-2)18-7-9-28-10-8-18/h3-6,11-14,16-18,28H,7-10,15H2,1-2H3,(H,29,30,32). The summed E-state index contributed by atoms with van der Waals surface area (Å²) in [6.45, 7) is 4.53. The summed E-state index contributed by atoms with van der Waals surface area (Å²) in [7, 11) is 1.68. The second kappa shape index (κ2) is 11.5. The van der Waals surface area contributed by atoms with Gasteiger partial charge < -0.3 is 20.1 Å². The zero-order valence-corrected chi connectivity index (χ0v) is 21.5. The first kappa shape index (κ1) is 24.9. The molecular weight excluding hydrogens is 492 g/mol. The Labute approximate surface area is 220 Å². The molecule has 0 radical (unpaired) electrons. The first-order chi connectivity index (χ1) is 18.1. The molecule has 11 heteroatoms. The van der Waals surface area contributed by atoms with E-state index in [1.807, 2.05) is 25.1 Å². The van der Waals surface area contributed by atoms with Gasteiger partial charge in [-0.3, -0.25) is 0 Å². The molecule has 1 atom stereocenters. The summed E-state index contributed by atoms with van der Waals surface area (Å²) in [5.74, 6) is 2.38. The molecule has 192 valence electrons. The zero-order chi connectivity index (χ0) is 25.6. The third-order valence-electron chi connectivity index (χ3n) is 6.36. The van der Waals surface area contributed by atoms with Gasteiger partial charge >= 0.3 is 0 Å². The van der Waals surface area contributed by atoms with Crippen molar-refractivity contribution in [3.63, 3.8) is 0 Å². The van der Waals surface area contributed by atoms with Gasteiger partial charge in [-0.05, 0) is 84.6 Å². The van der Waals surface area contributed by atoms with Gasteiger partial charge in [0.2, 0.25) is 5.95 Å². The second-order valence-corrected chi connectivity index (χ2v) is 9.42. The Hall–Kier alpha value is -3.76. The Morgan fingerprint density at radius 2 is 1.89 bits per heavy atom. The van der Waals surface area contributed by atoms with Crippen molar-refractivity contribution < 1.29 is 9.47 Å². The fourth-order valence-electron chi connectivity index (χ4n) is 4.44. The van der Waals surface area contributed by atoms with Crippen molar-refractivity contribution in [2.75, 3.05) is 25.5 Å². The molecule has 0 bridgehead atoms. The summed E-state index contributed by atoms with van der Waals surface area (Å²) in [5, 5.41) is 18.4. The summed E-state index contributed by atoms with van der Waals surface area (Å²) in [5.41, 5.74) is 3.86. The molecule has 2 N–H and O–H groups in total. The van der Waals surface area contributed by atoms with Crippen molar-refractivity contribution in [2.45, 2.75) is 38.3 Å². The average molecular weight is 521 g/mol. The van der Waals surface area contributed by atoms with Gasteiger partial charge in [-0.15, -0.1) is 5.10 Å². The van der Waals surface area contributed by atoms with E-state index in [2.05, 4.69) is 48.3 Å². The third-order valence-corrected chi connectivity index (χ3v) is 6.68. The van der Waals surface area contributed by atoms with Crippen molar-refractivity contribution in [3.8, 4) is 22.6 Å². The molecule has 4 aromatic rings. The van der Waals surface area contributed by atoms with E-state index >= 15 is 0 Å². The number of benzene rings is 2. The van der Waals surface area contributed by atoms with Crippen molar-refractivity contribution in [1.82, 2.24) is 35.5 Å². The van der Waals surface area contributed by atoms with Crippen molar-refractivity contribution in [2.24, 2.45) is 0 Å². The summed E-state index contributed by atoms with van der Waals surface area (Å²) < 4.78 is 13.3. The number of nitrogens with zero attached hydrogens (tertiary/aromatic N) is 6. The van der Waals surface area contributed by atoms with E-state index in [1.165, 1.54) is 5.56 Å². The lowest BCUT2D eigenvalue weighted by molar-refractivity contribution is 0.193. The summed E-state index contributed by atoms with van der Waals surface area (Å²) in [4.78, 5) is 9.03. The van der Waals surface area contributed by atoms with Crippen molar-refractivity contribution in [3.05, 3.63) is 65.7 Å². The minimum Gasteiger partial charge on any atom is -0.495 e. The van der Waals surface area contributed by atoms with Crippen LogP contribution in [0.4, 0.5) is 11.6 Å². The topological polar surface area (TPSA) is 112 Å². The van der Waals surface area contributed by atoms with Crippen LogP contribution in [0, 0.1) is 0 Å². The smallest absolute Gasteiger partial charge is 0.227 e. The van der Waals surface area contributed by atoms with Crippen LogP contribution >= 0.6 is 11.6 Å². The number of anilines is 2. The highest BCUT2D eigenvalue weighted by atomic mass is 35.5. The van der Waals surface area contributed by atoms with E-state index in [4.69, 9.17) is 21.1 Å². The summed E-state index contributed by atoms with van der Waals surface area (Å²) in [6, 6.07) is 11.9. The van der Waals surface area contributed by atoms with Crippen LogP contribution < -0.4 is 20.1 Å². The van der Waals surface area contributed by atoms with Crippen LogP contribution in [-0.4, -0.2) is 56.5 Å². The van der Waals surface area contributed by atoms with Gasteiger partial charge in [0, 0.05) is 18.0 Å². The molecule has 0 amide bonds. The highest BCUT2D eigenvalue weighted by molar-refractivity contribution is 6.32. The second-order valence-electron chi connectivity index (χ2n) is 9.01. The van der Waals surface area contributed by atoms with Crippen LogP contribution in [0.1, 0.15) is 31.2 Å². The molecule has 0 saturated carbocycles. The van der Waals surface area contributed by atoms with Crippen LogP contribution in [0.5, 0.6) is 11.5 Å². The molecule has 0 aliphatic carbocycles. The van der Waals surface area contributed by atoms with Crippen LogP contribution in [0.2, 0.25) is 5.02 Å². The number of methoxy groups -OCH3 is 1. The molecule has 3 heterocycles. The first-order valence-electron chi connectivity index (χ1n) is 12.2. The number of ether oxygens (including phenoxy) is 2. The molecule has 1 unspecified atom stereocenters. The lowest BCUT2D eigenvalue weighted by Crippen LogP contribution is -2.26. The number of halogens is 1. The van der Waals surface area contributed by atoms with Gasteiger partial charge in [0.25, 0.3) is 0 Å². The van der Waals surface area contributed by atoms with Gasteiger partial charge in [-0.2, -0.15) is 0 Å². The molecule has 1 aliphatic rings. The van der Waals surface area contributed by atoms with Crippen LogP contribution in [0.25, 0.3) is 11.1 Å². The fourth-order valence-corrected chi connectivity index (χ4v) is 4.60. The van der Waals surface area contributed by atoms with Gasteiger partial charge in [0.05, 0.1) is 24.4 Å². The molecule has 0 spiro atoms. The molecule has 2 aromatic heterocycles. The molecule has 1 saturated heterocycles. The van der Waals surface area contributed by atoms with Gasteiger partial charge in [-0.25, -0.2) is 14.6 Å². The third kappa shape index (κ3) is 6.15. The van der Waals surface area contributed by atoms with E-state index in [0.29, 0.717) is 29.2 Å². The van der Waals surface area contributed by atoms with Gasteiger partial charge in [-0.1, -0.05) is 23.7 Å². The molecule has 2 aromatic carbocycles. The zero-order valence-electron chi connectivity index (χ0n) is 20.8. The molecule has 37 heavy (non-hydrogen) atoms. The van der Waals surface area contributed by atoms with Crippen molar-refractivity contribution >= 4 is 23.2 Å². The number of aromatic nitrogens is 6. The Morgan fingerprint density at radius 1 is 1.08 bits per heavy atom. The van der Waals surface area contributed by atoms with E-state index in [0.717, 1.165) is 48.5 Å². The van der Waals surface area contributed by atoms with E-state index in [-0.39, 0.29) is 6.10 Å². The summed E-state index contributed by atoms with van der Waals surface area (Å²) >= 11 is 6.39. The average Bonchev–Trinajstić information content (AvgIpc) is 3.44. The van der Waals surface area contributed by atoms with Gasteiger partial charge in [0.1, 0.15) is 23.9 Å². The van der Waals surface area contributed by atoms with Crippen LogP contribution in [-0.2, 0) is 6.54 Å². The minimum atomic E-state index is -0.185. The van der Waals surface area contributed by atoms with Gasteiger partial charge in [0.15, 0.2) is 0 Å². The molecule has 10 nitrogen and oxygen atoms in total. The monoisotopic (exact) mass is 520 g/mol. The normalized spacial score (nSPS) is 14.8. The van der Waals surface area contributed by atoms with E-state index in [1.54, 1.807) is 36.6 Å². The first-order valence-corrected chi connectivity index (χ1v) is 12.6. The van der Waals surface area contributed by atoms with Crippen LogP contribution in [0.15, 0.2) is 55.1 Å². The van der Waals surface area contributed by atoms with E-state index in [9.17, 15) is 0 Å². The lowest BCUT2D eigenvalue weighted by atomic mass is 9.90. The van der Waals surface area contributed by atoms with Crippen molar-refractivity contribution in [1.29, 1.82) is 0 Å². The number of nitrogens with one attached hydrogen (secondary N) is 2. The maximum atomic E-state index is 6.39. The Bertz CT molecular complexity index is 1310. The lowest BCUT2D eigenvalue weighted by Gasteiger charge is -2.24. The number of hydrogen-bond acceptors (Lipinski definition) is 9. The summed E-state index contributed by atoms with van der Waals surface area (Å²) in [6.07, 6.45) is 7.16. The Morgan fingerprint density at radius 3 is 2.62 bits per heavy atom. The molecular formula is C26H29ClN8O2. The number of tetrazole rings is 1. The Balaban J connectivity index is 1.27. The Kier molecular flexibility index (Phi) is 7.76. The predicted octanol–water partition coefficient (Wildman–Crippen LogP) is 4.47. The number of piperidine rings is 1. The maximum Gasteiger partial charge on any atom is 0.227 e. The molecule has 1 fully saturated rings. The van der Waals surface area contributed by atoms with Crippen LogP contribution in [0.3, 0.4) is 0 Å². The maximum absolute atomic E-state index is 6.39. The minimum absolute atomic E-state index is 0.185. The largest absolute Gasteiger partial charge is 0.495 e.